The van der Waals surface area contributed by atoms with Crippen molar-refractivity contribution in [3.8, 4) is 0 Å². The van der Waals surface area contributed by atoms with Gasteiger partial charge in [-0.15, -0.1) is 0 Å². The average Bonchev–Trinajstić information content (AvgIpc) is 3.00. The van der Waals surface area contributed by atoms with Gasteiger partial charge in [0.05, 0.1) is 13.2 Å². The summed E-state index contributed by atoms with van der Waals surface area (Å²) in [6.07, 6.45) is -8.26. The monoisotopic (exact) mass is 640 g/mol. The Bertz CT molecular complexity index is 821. The molecule has 11 atom stereocenters. The Balaban J connectivity index is 1.44. The van der Waals surface area contributed by atoms with E-state index in [0.29, 0.717) is 32.2 Å². The quantitative estimate of drug-likeness (QED) is 0.0587. The molecule has 0 bridgehead atoms. The van der Waals surface area contributed by atoms with Crippen molar-refractivity contribution in [2.75, 3.05) is 33.0 Å². The van der Waals surface area contributed by atoms with E-state index in [1.807, 2.05) is 6.92 Å². The van der Waals surface area contributed by atoms with Gasteiger partial charge in [-0.1, -0.05) is 0 Å². The van der Waals surface area contributed by atoms with Crippen LogP contribution in [-0.2, 0) is 28.5 Å². The second-order valence-corrected chi connectivity index (χ2v) is 11.4. The van der Waals surface area contributed by atoms with Crippen LogP contribution in [0.5, 0.6) is 0 Å². The Kier molecular flexibility index (Phi) is 18.1. The van der Waals surface area contributed by atoms with E-state index in [1.165, 1.54) is 0 Å². The average molecular weight is 641 g/mol. The highest BCUT2D eigenvalue weighted by molar-refractivity contribution is 5.76. The Morgan fingerprint density at radius 1 is 0.659 bits per heavy atom. The summed E-state index contributed by atoms with van der Waals surface area (Å²) < 4.78 is 21.4. The smallest absolute Gasteiger partial charge is 0.220 e. The predicted molar refractivity (Wildman–Crippen MR) is 152 cm³/mol. The number of nitrogens with one attached hydrogen (secondary N) is 2. The molecule has 0 aromatic carbocycles. The normalized spacial score (nSPS) is 33.1. The third-order valence-electron chi connectivity index (χ3n) is 7.65. The number of aliphatic hydroxyl groups is 8. The van der Waals surface area contributed by atoms with Crippen molar-refractivity contribution >= 4 is 11.8 Å². The second-order valence-electron chi connectivity index (χ2n) is 11.4. The molecule has 16 nitrogen and oxygen atoms in total. The lowest BCUT2D eigenvalue weighted by Crippen LogP contribution is -2.59. The molecule has 0 spiro atoms. The molecule has 0 saturated carbocycles. The molecule has 10 N–H and O–H groups in total. The third kappa shape index (κ3) is 12.7. The van der Waals surface area contributed by atoms with E-state index in [2.05, 4.69) is 10.6 Å². The molecule has 2 heterocycles. The van der Waals surface area contributed by atoms with Crippen molar-refractivity contribution in [3.05, 3.63) is 0 Å². The standard InChI is InChI=1S/C28H52N2O14/c1-16(30-20(34)10-4-7-13-42-28-26(40)24(38)22(36)18(15-32)44-28)8-2-5-11-29-19(33)9-3-6-12-41-27-25(39)23(37)21(35)17(14-31)43-27/h16-18,21-28,31-32,35-40H,2-15H2,1H3,(H,29,33)(H,30,34). The van der Waals surface area contributed by atoms with Gasteiger partial charge in [0.15, 0.2) is 12.6 Å². The Morgan fingerprint density at radius 3 is 1.61 bits per heavy atom. The van der Waals surface area contributed by atoms with E-state index >= 15 is 0 Å². The highest BCUT2D eigenvalue weighted by Gasteiger charge is 2.45. The van der Waals surface area contributed by atoms with E-state index in [4.69, 9.17) is 18.9 Å². The molecule has 0 aromatic heterocycles. The van der Waals surface area contributed by atoms with Gasteiger partial charge in [-0.3, -0.25) is 9.59 Å². The minimum Gasteiger partial charge on any atom is -0.394 e. The summed E-state index contributed by atoms with van der Waals surface area (Å²) in [5.41, 5.74) is 0. The maximum Gasteiger partial charge on any atom is 0.220 e. The van der Waals surface area contributed by atoms with Crippen molar-refractivity contribution in [2.45, 2.75) is 132 Å². The molecule has 258 valence electrons. The van der Waals surface area contributed by atoms with Crippen LogP contribution in [0.4, 0.5) is 0 Å². The zero-order valence-corrected chi connectivity index (χ0v) is 25.3. The van der Waals surface area contributed by atoms with Crippen molar-refractivity contribution in [1.29, 1.82) is 0 Å². The molecule has 2 amide bonds. The Morgan fingerprint density at radius 2 is 1.14 bits per heavy atom. The van der Waals surface area contributed by atoms with Crippen LogP contribution >= 0.6 is 0 Å². The first-order valence-electron chi connectivity index (χ1n) is 15.4. The Hall–Kier alpha value is -1.54. The van der Waals surface area contributed by atoms with Crippen LogP contribution in [0.15, 0.2) is 0 Å². The van der Waals surface area contributed by atoms with Crippen molar-refractivity contribution in [2.24, 2.45) is 0 Å². The fourth-order valence-electron chi connectivity index (χ4n) is 4.90. The SMILES string of the molecule is CC(CCCCNC(=O)CCCCOC1OC(CO)C(O)C(O)C1O)NC(=O)CCCCOC1OC(CO)C(O)C(O)C1O. The van der Waals surface area contributed by atoms with Crippen LogP contribution < -0.4 is 10.6 Å². The highest BCUT2D eigenvalue weighted by atomic mass is 16.7. The number of rotatable bonds is 20. The van der Waals surface area contributed by atoms with Gasteiger partial charge in [-0.05, 0) is 51.9 Å². The molecule has 2 aliphatic rings. The van der Waals surface area contributed by atoms with Gasteiger partial charge in [0.1, 0.15) is 48.8 Å². The molecule has 0 radical (unpaired) electrons. The van der Waals surface area contributed by atoms with E-state index in [1.54, 1.807) is 0 Å². The van der Waals surface area contributed by atoms with Crippen LogP contribution in [0.2, 0.25) is 0 Å². The van der Waals surface area contributed by atoms with Crippen LogP contribution in [0.1, 0.15) is 64.7 Å². The van der Waals surface area contributed by atoms with Crippen molar-refractivity contribution < 1.29 is 69.4 Å². The number of amides is 2. The van der Waals surface area contributed by atoms with Gasteiger partial charge >= 0.3 is 0 Å². The van der Waals surface area contributed by atoms with Gasteiger partial charge in [0, 0.05) is 38.6 Å². The van der Waals surface area contributed by atoms with Crippen LogP contribution in [0, 0.1) is 0 Å². The van der Waals surface area contributed by atoms with Crippen LogP contribution in [-0.4, -0.2) is 153 Å². The minimum atomic E-state index is -1.50. The number of aliphatic hydroxyl groups excluding tert-OH is 8. The Labute approximate surface area is 257 Å². The van der Waals surface area contributed by atoms with Crippen molar-refractivity contribution in [1.82, 2.24) is 10.6 Å². The molecule has 2 aliphatic heterocycles. The van der Waals surface area contributed by atoms with E-state index in [-0.39, 0.29) is 43.9 Å². The zero-order valence-electron chi connectivity index (χ0n) is 25.3. The fourth-order valence-corrected chi connectivity index (χ4v) is 4.90. The molecular formula is C28H52N2O14. The molecule has 0 aliphatic carbocycles. The topological polar surface area (TPSA) is 257 Å². The number of hydrogen-bond donors (Lipinski definition) is 10. The molecule has 16 heteroatoms. The number of carbonyl (C=O) groups is 2. The number of hydrogen-bond acceptors (Lipinski definition) is 14. The molecule has 11 unspecified atom stereocenters. The summed E-state index contributed by atoms with van der Waals surface area (Å²) in [7, 11) is 0. The first-order valence-corrected chi connectivity index (χ1v) is 15.4. The van der Waals surface area contributed by atoms with E-state index in [0.717, 1.165) is 19.3 Å². The summed E-state index contributed by atoms with van der Waals surface area (Å²) in [6, 6.07) is -0.0349. The summed E-state index contributed by atoms with van der Waals surface area (Å²) in [5.74, 6) is -0.205. The molecule has 2 saturated heterocycles. The molecule has 2 fully saturated rings. The molecule has 2 rings (SSSR count). The van der Waals surface area contributed by atoms with E-state index in [9.17, 15) is 50.4 Å². The van der Waals surface area contributed by atoms with E-state index < -0.39 is 74.6 Å². The lowest BCUT2D eigenvalue weighted by Gasteiger charge is -2.39. The minimum absolute atomic E-state index is 0.0349. The number of ether oxygens (including phenoxy) is 4. The summed E-state index contributed by atoms with van der Waals surface area (Å²) >= 11 is 0. The van der Waals surface area contributed by atoms with Crippen LogP contribution in [0.25, 0.3) is 0 Å². The highest BCUT2D eigenvalue weighted by Crippen LogP contribution is 2.23. The zero-order chi connectivity index (χ0) is 32.6. The first kappa shape index (κ1) is 38.6. The molecule has 0 aromatic rings. The fraction of sp³-hybridized carbons (Fsp3) is 0.929. The maximum absolute atomic E-state index is 12.2. The van der Waals surface area contributed by atoms with Gasteiger partial charge in [0.25, 0.3) is 0 Å². The molecular weight excluding hydrogens is 588 g/mol. The van der Waals surface area contributed by atoms with Gasteiger partial charge in [-0.2, -0.15) is 0 Å². The predicted octanol–water partition coefficient (Wildman–Crippen LogP) is -3.25. The van der Waals surface area contributed by atoms with Gasteiger partial charge in [0.2, 0.25) is 11.8 Å². The lowest BCUT2D eigenvalue weighted by atomic mass is 9.99. The summed E-state index contributed by atoms with van der Waals surface area (Å²) in [6.45, 7) is 1.68. The number of carbonyl (C=O) groups excluding carboxylic acids is 2. The number of unbranched alkanes of at least 4 members (excludes halogenated alkanes) is 3. The summed E-state index contributed by atoms with van der Waals surface area (Å²) in [5, 5.41) is 83.2. The van der Waals surface area contributed by atoms with Gasteiger partial charge < -0.3 is 70.4 Å². The van der Waals surface area contributed by atoms with Gasteiger partial charge in [-0.25, -0.2) is 0 Å². The first-order chi connectivity index (χ1) is 21.0. The molecule has 44 heavy (non-hydrogen) atoms. The largest absolute Gasteiger partial charge is 0.394 e. The lowest BCUT2D eigenvalue weighted by molar-refractivity contribution is -0.301. The van der Waals surface area contributed by atoms with Crippen LogP contribution in [0.3, 0.4) is 0 Å². The van der Waals surface area contributed by atoms with Crippen molar-refractivity contribution in [3.63, 3.8) is 0 Å². The third-order valence-corrected chi connectivity index (χ3v) is 7.65. The maximum atomic E-state index is 12.2. The summed E-state index contributed by atoms with van der Waals surface area (Å²) in [4.78, 5) is 24.2. The second kappa shape index (κ2) is 20.6.